The summed E-state index contributed by atoms with van der Waals surface area (Å²) in [5, 5.41) is 10.9. The summed E-state index contributed by atoms with van der Waals surface area (Å²) in [5.74, 6) is 2.28. The number of benzene rings is 3. The molecule has 0 spiro atoms. The van der Waals surface area contributed by atoms with Gasteiger partial charge in [0.25, 0.3) is 5.91 Å². The predicted octanol–water partition coefficient (Wildman–Crippen LogP) is 5.71. The van der Waals surface area contributed by atoms with Crippen molar-refractivity contribution < 1.29 is 19.0 Å². The number of anilines is 1. The number of nitrogens with zero attached hydrogens (tertiary/aromatic N) is 1. The van der Waals surface area contributed by atoms with Crippen LogP contribution >= 0.6 is 0 Å². The molecule has 0 radical (unpaired) electrons. The lowest BCUT2D eigenvalue weighted by Crippen LogP contribution is -2.14. The van der Waals surface area contributed by atoms with Crippen LogP contribution in [0.5, 0.6) is 17.2 Å². The second-order valence-corrected chi connectivity index (χ2v) is 9.07. The molecule has 4 aromatic rings. The predicted molar refractivity (Wildman–Crippen MR) is 133 cm³/mol. The molecule has 0 aliphatic heterocycles. The highest BCUT2D eigenvalue weighted by Gasteiger charge is 2.16. The Morgan fingerprint density at radius 2 is 1.59 bits per heavy atom. The van der Waals surface area contributed by atoms with Gasteiger partial charge in [-0.3, -0.25) is 9.89 Å². The zero-order chi connectivity index (χ0) is 24.3. The molecule has 0 unspecified atom stereocenters. The molecule has 1 amide bonds. The molecule has 0 fully saturated rings. The number of nitrogens with one attached hydrogen (secondary N) is 2. The van der Waals surface area contributed by atoms with Crippen molar-refractivity contribution in [3.63, 3.8) is 0 Å². The molecule has 0 bridgehead atoms. The fourth-order valence-electron chi connectivity index (χ4n) is 3.60. The number of rotatable bonds is 7. The number of hydrogen-bond donors (Lipinski definition) is 2. The summed E-state index contributed by atoms with van der Waals surface area (Å²) in [6.45, 7) is 6.76. The van der Waals surface area contributed by atoms with Gasteiger partial charge in [0.15, 0.2) is 5.82 Å². The number of ether oxygens (including phenoxy) is 3. The van der Waals surface area contributed by atoms with Crippen LogP contribution in [-0.4, -0.2) is 30.3 Å². The van der Waals surface area contributed by atoms with Crippen LogP contribution in [0, 0.1) is 0 Å². The first kappa shape index (κ1) is 23.2. The maximum Gasteiger partial charge on any atom is 0.256 e. The molecule has 2 N–H and O–H groups in total. The molecule has 34 heavy (non-hydrogen) atoms. The summed E-state index contributed by atoms with van der Waals surface area (Å²) >= 11 is 0. The Hall–Kier alpha value is -4.00. The maximum absolute atomic E-state index is 12.8. The summed E-state index contributed by atoms with van der Waals surface area (Å²) in [6.07, 6.45) is 0. The molecule has 4 rings (SSSR count). The molecule has 1 aromatic heterocycles. The van der Waals surface area contributed by atoms with Crippen molar-refractivity contribution in [3.8, 4) is 17.2 Å². The van der Waals surface area contributed by atoms with E-state index in [0.29, 0.717) is 35.2 Å². The second kappa shape index (κ2) is 9.47. The van der Waals surface area contributed by atoms with Crippen LogP contribution in [0.4, 0.5) is 5.82 Å². The average molecular weight is 460 g/mol. The van der Waals surface area contributed by atoms with Crippen LogP contribution in [0.1, 0.15) is 42.3 Å². The van der Waals surface area contributed by atoms with Crippen molar-refractivity contribution in [2.45, 2.75) is 32.8 Å². The van der Waals surface area contributed by atoms with E-state index in [1.54, 1.807) is 14.2 Å². The van der Waals surface area contributed by atoms with Crippen LogP contribution in [-0.2, 0) is 12.0 Å². The molecule has 0 atom stereocenters. The minimum atomic E-state index is -0.219. The normalized spacial score (nSPS) is 11.3. The fraction of sp³-hybridized carbons (Fsp3) is 0.259. The standard InChI is InChI=1S/C27H29N3O4/c1-27(2,3)19-8-6-18(7-9-19)26(31)28-25-23-15-20(10-11-24(23)29-30-25)34-16-17-12-21(32-4)14-22(13-17)33-5/h6-15H,16H2,1-5H3,(H2,28,29,30,31). The van der Waals surface area contributed by atoms with Gasteiger partial charge in [0.1, 0.15) is 23.9 Å². The van der Waals surface area contributed by atoms with Gasteiger partial charge in [0.2, 0.25) is 0 Å². The van der Waals surface area contributed by atoms with Crippen molar-refractivity contribution in [1.82, 2.24) is 10.2 Å². The number of aromatic nitrogens is 2. The first-order chi connectivity index (χ1) is 16.3. The van der Waals surface area contributed by atoms with Crippen molar-refractivity contribution >= 4 is 22.6 Å². The van der Waals surface area contributed by atoms with E-state index in [1.165, 1.54) is 5.56 Å². The lowest BCUT2D eigenvalue weighted by Gasteiger charge is -2.19. The Balaban J connectivity index is 1.50. The van der Waals surface area contributed by atoms with Gasteiger partial charge in [-0.15, -0.1) is 0 Å². The zero-order valence-electron chi connectivity index (χ0n) is 20.1. The number of fused-ring (bicyclic) bond motifs is 1. The van der Waals surface area contributed by atoms with Crippen molar-refractivity contribution in [2.75, 3.05) is 19.5 Å². The van der Waals surface area contributed by atoms with Crippen LogP contribution in [0.2, 0.25) is 0 Å². The third-order valence-corrected chi connectivity index (χ3v) is 5.60. The number of hydrogen-bond acceptors (Lipinski definition) is 5. The number of carbonyl (C=O) groups is 1. The summed E-state index contributed by atoms with van der Waals surface area (Å²) in [7, 11) is 3.22. The van der Waals surface area contributed by atoms with Gasteiger partial charge >= 0.3 is 0 Å². The Morgan fingerprint density at radius 3 is 2.21 bits per heavy atom. The monoisotopic (exact) mass is 459 g/mol. The topological polar surface area (TPSA) is 85.5 Å². The van der Waals surface area contributed by atoms with Crippen LogP contribution in [0.3, 0.4) is 0 Å². The van der Waals surface area contributed by atoms with E-state index in [4.69, 9.17) is 14.2 Å². The van der Waals surface area contributed by atoms with E-state index in [-0.39, 0.29) is 11.3 Å². The highest BCUT2D eigenvalue weighted by molar-refractivity contribution is 6.08. The summed E-state index contributed by atoms with van der Waals surface area (Å²) in [4.78, 5) is 12.8. The Labute approximate surface area is 199 Å². The number of methoxy groups -OCH3 is 2. The summed E-state index contributed by atoms with van der Waals surface area (Å²) in [6, 6.07) is 18.8. The molecule has 176 valence electrons. The van der Waals surface area contributed by atoms with Gasteiger partial charge < -0.3 is 19.5 Å². The third kappa shape index (κ3) is 5.14. The maximum atomic E-state index is 12.8. The quantitative estimate of drug-likeness (QED) is 0.370. The largest absolute Gasteiger partial charge is 0.497 e. The molecule has 3 aromatic carbocycles. The average Bonchev–Trinajstić information content (AvgIpc) is 3.23. The minimum Gasteiger partial charge on any atom is -0.497 e. The van der Waals surface area contributed by atoms with E-state index >= 15 is 0 Å². The SMILES string of the molecule is COc1cc(COc2ccc3[nH]nc(NC(=O)c4ccc(C(C)(C)C)cc4)c3c2)cc(OC)c1. The molecule has 0 saturated carbocycles. The van der Waals surface area contributed by atoms with Crippen molar-refractivity contribution in [3.05, 3.63) is 77.4 Å². The molecule has 0 aliphatic rings. The van der Waals surface area contributed by atoms with Gasteiger partial charge in [0, 0.05) is 17.0 Å². The van der Waals surface area contributed by atoms with E-state index in [1.807, 2.05) is 60.7 Å². The van der Waals surface area contributed by atoms with Crippen LogP contribution in [0.15, 0.2) is 60.7 Å². The second-order valence-electron chi connectivity index (χ2n) is 9.07. The minimum absolute atomic E-state index is 0.0276. The van der Waals surface area contributed by atoms with Gasteiger partial charge in [-0.2, -0.15) is 5.10 Å². The summed E-state index contributed by atoms with van der Waals surface area (Å²) < 4.78 is 16.6. The smallest absolute Gasteiger partial charge is 0.256 e. The van der Waals surface area contributed by atoms with E-state index < -0.39 is 0 Å². The highest BCUT2D eigenvalue weighted by atomic mass is 16.5. The fourth-order valence-corrected chi connectivity index (χ4v) is 3.60. The lowest BCUT2D eigenvalue weighted by atomic mass is 9.87. The number of amides is 1. The van der Waals surface area contributed by atoms with Gasteiger partial charge in [-0.1, -0.05) is 32.9 Å². The molecule has 7 nitrogen and oxygen atoms in total. The Kier molecular flexibility index (Phi) is 6.45. The van der Waals surface area contributed by atoms with Gasteiger partial charge in [-0.25, -0.2) is 0 Å². The molecular formula is C27H29N3O4. The van der Waals surface area contributed by atoms with Crippen LogP contribution in [0.25, 0.3) is 10.9 Å². The first-order valence-corrected chi connectivity index (χ1v) is 11.0. The lowest BCUT2D eigenvalue weighted by molar-refractivity contribution is 0.102. The third-order valence-electron chi connectivity index (χ3n) is 5.60. The first-order valence-electron chi connectivity index (χ1n) is 11.0. The number of aromatic amines is 1. The number of carbonyl (C=O) groups excluding carboxylic acids is 1. The number of H-pyrrole nitrogens is 1. The summed E-state index contributed by atoms with van der Waals surface area (Å²) in [5.41, 5.74) is 3.48. The van der Waals surface area contributed by atoms with Crippen LogP contribution < -0.4 is 19.5 Å². The van der Waals surface area contributed by atoms with E-state index in [9.17, 15) is 4.79 Å². The zero-order valence-corrected chi connectivity index (χ0v) is 20.1. The molecule has 1 heterocycles. The molecule has 0 aliphatic carbocycles. The highest BCUT2D eigenvalue weighted by Crippen LogP contribution is 2.28. The van der Waals surface area contributed by atoms with E-state index in [2.05, 4.69) is 36.3 Å². The molecule has 7 heteroatoms. The molecule has 0 saturated heterocycles. The van der Waals surface area contributed by atoms with Gasteiger partial charge in [0.05, 0.1) is 19.7 Å². The van der Waals surface area contributed by atoms with Crippen molar-refractivity contribution in [1.29, 1.82) is 0 Å². The molecular weight excluding hydrogens is 430 g/mol. The van der Waals surface area contributed by atoms with Gasteiger partial charge in [-0.05, 0) is 59.0 Å². The van der Waals surface area contributed by atoms with E-state index in [0.717, 1.165) is 16.5 Å². The Bertz CT molecular complexity index is 1280. The van der Waals surface area contributed by atoms with Crippen molar-refractivity contribution in [2.24, 2.45) is 0 Å². The Morgan fingerprint density at radius 1 is 0.912 bits per heavy atom.